The van der Waals surface area contributed by atoms with E-state index < -0.39 is 0 Å². The molecule has 1 nitrogen and oxygen atoms in total. The van der Waals surface area contributed by atoms with Crippen LogP contribution in [-0.2, 0) is 4.79 Å². The highest BCUT2D eigenvalue weighted by Gasteiger charge is 2.63. The van der Waals surface area contributed by atoms with Crippen LogP contribution in [0, 0.1) is 34.5 Å². The number of Topliss-reactive ketones (excluding diaryl/α,β-unsaturated/α-hetero) is 1. The van der Waals surface area contributed by atoms with E-state index in [9.17, 15) is 4.79 Å². The van der Waals surface area contributed by atoms with Crippen molar-refractivity contribution < 1.29 is 4.79 Å². The molecule has 0 bridgehead atoms. The predicted octanol–water partition coefficient (Wildman–Crippen LogP) is 5.92. The summed E-state index contributed by atoms with van der Waals surface area (Å²) in [6, 6.07) is 0. The van der Waals surface area contributed by atoms with Gasteiger partial charge in [-0.05, 0) is 67.1 Å². The minimum absolute atomic E-state index is 0.163. The van der Waals surface area contributed by atoms with Crippen molar-refractivity contribution in [2.45, 2.75) is 77.0 Å². The van der Waals surface area contributed by atoms with Gasteiger partial charge in [-0.1, -0.05) is 54.8 Å². The summed E-state index contributed by atoms with van der Waals surface area (Å²) in [4.78, 5) is 13.9. The van der Waals surface area contributed by atoms with Crippen LogP contribution >= 0.6 is 15.9 Å². The summed E-state index contributed by atoms with van der Waals surface area (Å²) < 4.78 is 0. The number of carbonyl (C=O) groups is 1. The molecular weight excluding hydrogens is 348 g/mol. The maximum atomic E-state index is 13.4. The molecular formula is C21H31BrO. The minimum Gasteiger partial charge on any atom is -0.299 e. The fourth-order valence-corrected chi connectivity index (χ4v) is 8.27. The molecule has 4 rings (SSSR count). The number of halogens is 1. The lowest BCUT2D eigenvalue weighted by atomic mass is 9.46. The first kappa shape index (κ1) is 16.4. The van der Waals surface area contributed by atoms with Crippen LogP contribution < -0.4 is 0 Å². The molecule has 4 aliphatic carbocycles. The molecule has 0 amide bonds. The van der Waals surface area contributed by atoms with E-state index in [-0.39, 0.29) is 16.7 Å². The number of hydrogen-bond donors (Lipinski definition) is 0. The summed E-state index contributed by atoms with van der Waals surface area (Å²) >= 11 is 4.05. The smallest absolute Gasteiger partial charge is 0.137 e. The second-order valence-electron chi connectivity index (χ2n) is 9.25. The zero-order chi connectivity index (χ0) is 16.4. The van der Waals surface area contributed by atoms with Gasteiger partial charge in [0.1, 0.15) is 5.78 Å². The molecule has 128 valence electrons. The maximum Gasteiger partial charge on any atom is 0.137 e. The van der Waals surface area contributed by atoms with E-state index in [4.69, 9.17) is 0 Å². The molecule has 0 aliphatic heterocycles. The van der Waals surface area contributed by atoms with E-state index in [2.05, 4.69) is 42.8 Å². The summed E-state index contributed by atoms with van der Waals surface area (Å²) in [5.74, 6) is 2.94. The lowest BCUT2D eigenvalue weighted by Gasteiger charge is -2.58. The van der Waals surface area contributed by atoms with Crippen LogP contribution in [-0.4, -0.2) is 10.6 Å². The van der Waals surface area contributed by atoms with Crippen molar-refractivity contribution in [2.75, 3.05) is 0 Å². The standard InChI is InChI=1S/C21H31BrO/c1-4-13-8-9-15-18-16(22)11-14-7-5-6-10-20(14,2)19(18)17(23)12-21(13,15)3/h7,13,15-16,18-19H,4-6,8-12H2,1-3H3/t13-,15-,16?,18+,19-,20-,21+/m0/s1. The van der Waals surface area contributed by atoms with E-state index in [0.29, 0.717) is 16.5 Å². The minimum atomic E-state index is 0.163. The van der Waals surface area contributed by atoms with Gasteiger partial charge in [0, 0.05) is 17.2 Å². The lowest BCUT2D eigenvalue weighted by Crippen LogP contribution is -2.57. The van der Waals surface area contributed by atoms with Gasteiger partial charge >= 0.3 is 0 Å². The normalized spacial score (nSPS) is 52.4. The SMILES string of the molecule is CC[C@H]1CC[C@H]2[C@@H]3C(Br)CC4=CCCC[C@]4(C)[C@H]3C(=O)C[C@]12C. The number of fused-ring (bicyclic) bond motifs is 5. The third-order valence-corrected chi connectivity index (χ3v) is 9.33. The molecule has 7 atom stereocenters. The molecule has 0 heterocycles. The molecule has 0 N–H and O–H groups in total. The molecule has 4 aliphatic rings. The van der Waals surface area contributed by atoms with Gasteiger partial charge in [-0.25, -0.2) is 0 Å². The summed E-state index contributed by atoms with van der Waals surface area (Å²) in [7, 11) is 0. The number of rotatable bonds is 1. The Hall–Kier alpha value is -0.110. The lowest BCUT2D eigenvalue weighted by molar-refractivity contribution is -0.144. The average Bonchev–Trinajstić information content (AvgIpc) is 2.83. The first-order chi connectivity index (χ1) is 10.9. The van der Waals surface area contributed by atoms with Gasteiger partial charge in [-0.2, -0.15) is 0 Å². The molecule has 0 radical (unpaired) electrons. The Kier molecular flexibility index (Phi) is 3.87. The van der Waals surface area contributed by atoms with Crippen LogP contribution in [0.15, 0.2) is 11.6 Å². The average molecular weight is 379 g/mol. The van der Waals surface area contributed by atoms with Gasteiger partial charge in [0.2, 0.25) is 0 Å². The van der Waals surface area contributed by atoms with Crippen molar-refractivity contribution in [2.24, 2.45) is 34.5 Å². The number of hydrogen-bond acceptors (Lipinski definition) is 1. The quantitative estimate of drug-likeness (QED) is 0.408. The third kappa shape index (κ3) is 2.12. The van der Waals surface area contributed by atoms with E-state index in [1.54, 1.807) is 5.57 Å². The monoisotopic (exact) mass is 378 g/mol. The zero-order valence-corrected chi connectivity index (χ0v) is 16.5. The maximum absolute atomic E-state index is 13.4. The van der Waals surface area contributed by atoms with Crippen LogP contribution in [0.1, 0.15) is 72.1 Å². The molecule has 3 saturated carbocycles. The van der Waals surface area contributed by atoms with Gasteiger partial charge in [0.25, 0.3) is 0 Å². The van der Waals surface area contributed by atoms with Crippen molar-refractivity contribution in [3.05, 3.63) is 11.6 Å². The fourth-order valence-electron chi connectivity index (χ4n) is 7.25. The van der Waals surface area contributed by atoms with E-state index in [0.717, 1.165) is 18.3 Å². The van der Waals surface area contributed by atoms with E-state index >= 15 is 0 Å². The van der Waals surface area contributed by atoms with Crippen LogP contribution in [0.2, 0.25) is 0 Å². The predicted molar refractivity (Wildman–Crippen MR) is 98.6 cm³/mol. The summed E-state index contributed by atoms with van der Waals surface area (Å²) in [5.41, 5.74) is 2.02. The highest BCUT2D eigenvalue weighted by molar-refractivity contribution is 9.09. The number of allylic oxidation sites excluding steroid dienone is 2. The van der Waals surface area contributed by atoms with Crippen molar-refractivity contribution in [3.63, 3.8) is 0 Å². The van der Waals surface area contributed by atoms with Gasteiger partial charge in [-0.15, -0.1) is 0 Å². The largest absolute Gasteiger partial charge is 0.299 e. The number of alkyl halides is 1. The van der Waals surface area contributed by atoms with Crippen LogP contribution in [0.3, 0.4) is 0 Å². The van der Waals surface area contributed by atoms with Gasteiger partial charge in [-0.3, -0.25) is 4.79 Å². The fraction of sp³-hybridized carbons (Fsp3) is 0.857. The Morgan fingerprint density at radius 3 is 2.83 bits per heavy atom. The zero-order valence-electron chi connectivity index (χ0n) is 14.9. The molecule has 23 heavy (non-hydrogen) atoms. The third-order valence-electron chi connectivity index (χ3n) is 8.39. The molecule has 0 aromatic rings. The summed E-state index contributed by atoms with van der Waals surface area (Å²) in [6.07, 6.45) is 12.1. The Balaban J connectivity index is 1.77. The molecule has 3 fully saturated rings. The molecule has 1 unspecified atom stereocenters. The van der Waals surface area contributed by atoms with Crippen LogP contribution in [0.5, 0.6) is 0 Å². The molecule has 0 spiro atoms. The molecule has 2 heteroatoms. The van der Waals surface area contributed by atoms with Crippen molar-refractivity contribution in [1.29, 1.82) is 0 Å². The van der Waals surface area contributed by atoms with Gasteiger partial charge in [0.15, 0.2) is 0 Å². The Bertz CT molecular complexity index is 552. The van der Waals surface area contributed by atoms with Gasteiger partial charge < -0.3 is 0 Å². The first-order valence-electron chi connectivity index (χ1n) is 9.78. The number of ketones is 1. The first-order valence-corrected chi connectivity index (χ1v) is 10.7. The van der Waals surface area contributed by atoms with Crippen LogP contribution in [0.25, 0.3) is 0 Å². The molecule has 0 aromatic carbocycles. The second-order valence-corrected chi connectivity index (χ2v) is 10.4. The van der Waals surface area contributed by atoms with E-state index in [1.165, 1.54) is 44.9 Å². The van der Waals surface area contributed by atoms with Crippen molar-refractivity contribution in [1.82, 2.24) is 0 Å². The highest BCUT2D eigenvalue weighted by Crippen LogP contribution is 2.66. The van der Waals surface area contributed by atoms with E-state index in [1.807, 2.05) is 0 Å². The Labute approximate surface area is 149 Å². The molecule has 0 aromatic heterocycles. The summed E-state index contributed by atoms with van der Waals surface area (Å²) in [5, 5.41) is 0. The topological polar surface area (TPSA) is 17.1 Å². The number of carbonyl (C=O) groups excluding carboxylic acids is 1. The second kappa shape index (κ2) is 5.44. The van der Waals surface area contributed by atoms with Crippen molar-refractivity contribution >= 4 is 21.7 Å². The Morgan fingerprint density at radius 1 is 1.30 bits per heavy atom. The molecule has 0 saturated heterocycles. The Morgan fingerprint density at radius 2 is 2.09 bits per heavy atom. The van der Waals surface area contributed by atoms with Crippen molar-refractivity contribution in [3.8, 4) is 0 Å². The highest BCUT2D eigenvalue weighted by atomic mass is 79.9. The van der Waals surface area contributed by atoms with Crippen LogP contribution in [0.4, 0.5) is 0 Å². The summed E-state index contributed by atoms with van der Waals surface area (Å²) in [6.45, 7) is 7.19. The van der Waals surface area contributed by atoms with Gasteiger partial charge in [0.05, 0.1) is 0 Å².